The molecule has 3 aromatic rings. The van der Waals surface area contributed by atoms with E-state index < -0.39 is 0 Å². The van der Waals surface area contributed by atoms with Crippen LogP contribution in [-0.4, -0.2) is 38.2 Å². The molecule has 162 valence electrons. The van der Waals surface area contributed by atoms with Crippen molar-refractivity contribution >= 4 is 39.9 Å². The molecule has 0 atom stereocenters. The molecule has 2 heterocycles. The molecule has 8 heteroatoms. The summed E-state index contributed by atoms with van der Waals surface area (Å²) >= 11 is 2.75. The Bertz CT molecular complexity index is 1160. The molecule has 0 spiro atoms. The fraction of sp³-hybridized carbons (Fsp3) is 0.391. The van der Waals surface area contributed by atoms with Crippen LogP contribution in [0.3, 0.4) is 0 Å². The van der Waals surface area contributed by atoms with Gasteiger partial charge in [0.2, 0.25) is 11.0 Å². The molecule has 1 fully saturated rings. The summed E-state index contributed by atoms with van der Waals surface area (Å²) in [5.41, 5.74) is 6.26. The molecule has 0 radical (unpaired) electrons. The lowest BCUT2D eigenvalue weighted by molar-refractivity contribution is -0.116. The van der Waals surface area contributed by atoms with Crippen molar-refractivity contribution in [3.05, 3.63) is 52.3 Å². The first-order valence-corrected chi connectivity index (χ1v) is 12.1. The lowest BCUT2D eigenvalue weighted by atomic mass is 10.1. The molecule has 2 aromatic heterocycles. The van der Waals surface area contributed by atoms with Crippen LogP contribution in [0.25, 0.3) is 5.69 Å². The number of amides is 1. The Morgan fingerprint density at radius 3 is 2.52 bits per heavy atom. The maximum atomic E-state index is 13.0. The van der Waals surface area contributed by atoms with E-state index in [9.17, 15) is 9.59 Å². The summed E-state index contributed by atoms with van der Waals surface area (Å²) in [7, 11) is 0. The Labute approximate surface area is 190 Å². The zero-order valence-corrected chi connectivity index (χ0v) is 20.1. The van der Waals surface area contributed by atoms with Gasteiger partial charge < -0.3 is 4.57 Å². The van der Waals surface area contributed by atoms with Crippen molar-refractivity contribution in [3.8, 4) is 5.69 Å². The van der Waals surface area contributed by atoms with Crippen molar-refractivity contribution in [1.29, 1.82) is 0 Å². The van der Waals surface area contributed by atoms with Crippen LogP contribution >= 0.6 is 23.1 Å². The number of benzene rings is 1. The van der Waals surface area contributed by atoms with Crippen molar-refractivity contribution < 1.29 is 9.59 Å². The number of carbonyl (C=O) groups is 2. The third-order valence-electron chi connectivity index (χ3n) is 5.66. The lowest BCUT2D eigenvalue weighted by Crippen LogP contribution is -2.30. The molecule has 1 aliphatic rings. The number of hydrogen-bond donors (Lipinski definition) is 0. The highest BCUT2D eigenvalue weighted by Gasteiger charge is 2.34. The predicted octanol–water partition coefficient (Wildman–Crippen LogP) is 5.05. The number of anilines is 1. The molecular weight excluding hydrogens is 428 g/mol. The van der Waals surface area contributed by atoms with Crippen molar-refractivity contribution in [2.45, 2.75) is 57.8 Å². The Morgan fingerprint density at radius 1 is 1.13 bits per heavy atom. The molecule has 0 aliphatic heterocycles. The summed E-state index contributed by atoms with van der Waals surface area (Å²) in [6, 6.07) is 8.57. The first-order chi connectivity index (χ1) is 14.8. The number of aromatic nitrogens is 3. The van der Waals surface area contributed by atoms with Gasteiger partial charge in [-0.2, -0.15) is 0 Å². The van der Waals surface area contributed by atoms with Crippen molar-refractivity contribution in [1.82, 2.24) is 14.8 Å². The highest BCUT2D eigenvalue weighted by Crippen LogP contribution is 2.36. The Hall–Kier alpha value is -2.45. The third-order valence-corrected chi connectivity index (χ3v) is 7.72. The van der Waals surface area contributed by atoms with Crippen LogP contribution in [0.1, 0.15) is 52.6 Å². The molecule has 0 saturated heterocycles. The molecule has 0 N–H and O–H groups in total. The Morgan fingerprint density at radius 2 is 1.87 bits per heavy atom. The zero-order valence-electron chi connectivity index (χ0n) is 18.4. The fourth-order valence-corrected chi connectivity index (χ4v) is 5.59. The molecule has 31 heavy (non-hydrogen) atoms. The summed E-state index contributed by atoms with van der Waals surface area (Å²) in [6.07, 6.45) is 2.02. The molecule has 1 aromatic carbocycles. The van der Waals surface area contributed by atoms with Crippen LogP contribution in [-0.2, 0) is 4.79 Å². The van der Waals surface area contributed by atoms with Crippen LogP contribution in [0.4, 0.5) is 5.13 Å². The second kappa shape index (κ2) is 8.59. The van der Waals surface area contributed by atoms with E-state index in [1.807, 2.05) is 19.9 Å². The zero-order chi connectivity index (χ0) is 22.3. The van der Waals surface area contributed by atoms with Crippen LogP contribution in [0.5, 0.6) is 0 Å². The topological polar surface area (TPSA) is 68.1 Å². The van der Waals surface area contributed by atoms with Gasteiger partial charge in [0.1, 0.15) is 0 Å². The van der Waals surface area contributed by atoms with E-state index in [1.54, 1.807) is 11.8 Å². The van der Waals surface area contributed by atoms with Crippen LogP contribution < -0.4 is 4.90 Å². The van der Waals surface area contributed by atoms with Crippen LogP contribution in [0, 0.1) is 27.7 Å². The van der Waals surface area contributed by atoms with Crippen molar-refractivity contribution in [2.24, 2.45) is 0 Å². The van der Waals surface area contributed by atoms with Gasteiger partial charge in [0.25, 0.3) is 0 Å². The molecule has 0 unspecified atom stereocenters. The number of thioether (sulfide) groups is 1. The first kappa shape index (κ1) is 21.8. The second-order valence-corrected chi connectivity index (χ2v) is 10.2. The number of ketones is 1. The molecule has 4 rings (SSSR count). The van der Waals surface area contributed by atoms with Gasteiger partial charge in [-0.15, -0.1) is 10.2 Å². The van der Waals surface area contributed by atoms with Crippen LogP contribution in [0.15, 0.2) is 28.6 Å². The van der Waals surface area contributed by atoms with E-state index in [2.05, 4.69) is 46.8 Å². The number of Topliss-reactive ketones (excluding diaryl/α,β-unsaturated/α-hetero) is 1. The number of rotatable bonds is 7. The van der Waals surface area contributed by atoms with Crippen LogP contribution in [0.2, 0.25) is 0 Å². The van der Waals surface area contributed by atoms with Gasteiger partial charge in [-0.25, -0.2) is 0 Å². The third kappa shape index (κ3) is 4.45. The van der Waals surface area contributed by atoms with Gasteiger partial charge in [-0.05, 0) is 69.9 Å². The second-order valence-electron chi connectivity index (χ2n) is 8.07. The lowest BCUT2D eigenvalue weighted by Gasteiger charge is -2.15. The summed E-state index contributed by atoms with van der Waals surface area (Å²) in [5, 5.41) is 8.99. The van der Waals surface area contributed by atoms with E-state index in [0.717, 1.165) is 35.5 Å². The van der Waals surface area contributed by atoms with E-state index in [0.29, 0.717) is 9.47 Å². The SMILES string of the molecule is CC(=O)N(c1nnc(SCC(=O)c2cc(C)n(-c3ccc(C)c(C)c3)c2C)s1)C1CC1. The van der Waals surface area contributed by atoms with Gasteiger partial charge in [0.05, 0.1) is 5.75 Å². The maximum absolute atomic E-state index is 13.0. The largest absolute Gasteiger partial charge is 0.318 e. The van der Waals surface area contributed by atoms with Gasteiger partial charge in [-0.3, -0.25) is 14.5 Å². The highest BCUT2D eigenvalue weighted by atomic mass is 32.2. The van der Waals surface area contributed by atoms with Gasteiger partial charge in [-0.1, -0.05) is 29.2 Å². The minimum atomic E-state index is -0.00920. The van der Waals surface area contributed by atoms with E-state index >= 15 is 0 Å². The summed E-state index contributed by atoms with van der Waals surface area (Å²) < 4.78 is 2.84. The summed E-state index contributed by atoms with van der Waals surface area (Å²) in [6.45, 7) is 9.77. The Balaban J connectivity index is 1.48. The molecule has 1 saturated carbocycles. The van der Waals surface area contributed by atoms with E-state index in [1.165, 1.54) is 34.2 Å². The average molecular weight is 455 g/mol. The van der Waals surface area contributed by atoms with Gasteiger partial charge in [0.15, 0.2) is 10.1 Å². The molecular formula is C23H26N4O2S2. The fourth-order valence-electron chi connectivity index (χ4n) is 3.75. The number of nitrogens with zero attached hydrogens (tertiary/aromatic N) is 4. The molecule has 1 amide bonds. The predicted molar refractivity (Wildman–Crippen MR) is 126 cm³/mol. The molecule has 1 aliphatic carbocycles. The van der Waals surface area contributed by atoms with Crippen molar-refractivity contribution in [3.63, 3.8) is 0 Å². The van der Waals surface area contributed by atoms with E-state index in [-0.39, 0.29) is 23.5 Å². The summed E-state index contributed by atoms with van der Waals surface area (Å²) in [5.74, 6) is 0.343. The highest BCUT2D eigenvalue weighted by molar-refractivity contribution is 8.01. The monoisotopic (exact) mass is 454 g/mol. The minimum absolute atomic E-state index is 0.00920. The van der Waals surface area contributed by atoms with E-state index in [4.69, 9.17) is 0 Å². The molecule has 6 nitrogen and oxygen atoms in total. The Kier molecular flexibility index (Phi) is 6.03. The molecule has 0 bridgehead atoms. The number of hydrogen-bond acceptors (Lipinski definition) is 6. The summed E-state index contributed by atoms with van der Waals surface area (Å²) in [4.78, 5) is 26.6. The van der Waals surface area contributed by atoms with Gasteiger partial charge >= 0.3 is 0 Å². The average Bonchev–Trinajstić information content (AvgIpc) is 3.35. The van der Waals surface area contributed by atoms with Gasteiger partial charge in [0, 0.05) is 35.6 Å². The number of aryl methyl sites for hydroxylation is 3. The normalized spacial score (nSPS) is 13.5. The quantitative estimate of drug-likeness (QED) is 0.284. The maximum Gasteiger partial charge on any atom is 0.225 e. The first-order valence-electron chi connectivity index (χ1n) is 10.3. The smallest absolute Gasteiger partial charge is 0.225 e. The number of carbonyl (C=O) groups excluding carboxylic acids is 2. The standard InChI is InChI=1S/C23H26N4O2S2/c1-13-6-7-19(10-14(13)2)26-15(3)11-20(16(26)4)21(29)12-30-23-25-24-22(31-23)27(17(5)28)18-8-9-18/h6-7,10-11,18H,8-9,12H2,1-5H3. The van der Waals surface area contributed by atoms with Crippen molar-refractivity contribution in [2.75, 3.05) is 10.7 Å². The minimum Gasteiger partial charge on any atom is -0.318 e.